The van der Waals surface area contributed by atoms with E-state index in [2.05, 4.69) is 52.2 Å². The van der Waals surface area contributed by atoms with Crippen LogP contribution >= 0.6 is 0 Å². The number of hydrogen-bond acceptors (Lipinski definition) is 3. The third kappa shape index (κ3) is 12.0. The number of esters is 1. The van der Waals surface area contributed by atoms with Crippen LogP contribution in [-0.4, -0.2) is 43.3 Å². The van der Waals surface area contributed by atoms with Crippen LogP contribution in [0.25, 0.3) is 0 Å². The van der Waals surface area contributed by atoms with Crippen molar-refractivity contribution in [3.63, 3.8) is 0 Å². The summed E-state index contributed by atoms with van der Waals surface area (Å²) in [4.78, 5) is 13.1. The maximum atomic E-state index is 13.1. The number of rotatable bonds is 20. The van der Waals surface area contributed by atoms with Crippen LogP contribution < -0.4 is 4.74 Å². The lowest BCUT2D eigenvalue weighted by molar-refractivity contribution is -0.919. The molecule has 0 bridgehead atoms. The van der Waals surface area contributed by atoms with Gasteiger partial charge in [-0.3, -0.25) is 0 Å². The number of carbonyl (C=O) groups is 1. The van der Waals surface area contributed by atoms with Crippen molar-refractivity contribution in [3.8, 4) is 5.75 Å². The molecule has 4 nitrogen and oxygen atoms in total. The Balaban J connectivity index is 1.75. The highest BCUT2D eigenvalue weighted by Crippen LogP contribution is 2.23. The number of hydrogen-bond donors (Lipinski definition) is 0. The summed E-state index contributed by atoms with van der Waals surface area (Å²) in [5.74, 6) is 0.765. The maximum Gasteiger partial charge on any atom is 0.365 e. The number of benzene rings is 2. The van der Waals surface area contributed by atoms with E-state index in [9.17, 15) is 4.79 Å². The number of quaternary nitrogens is 1. The van der Waals surface area contributed by atoms with Gasteiger partial charge in [0.05, 0.1) is 14.1 Å². The van der Waals surface area contributed by atoms with Crippen molar-refractivity contribution in [2.45, 2.75) is 117 Å². The van der Waals surface area contributed by atoms with E-state index in [0.717, 1.165) is 25.1 Å². The summed E-state index contributed by atoms with van der Waals surface area (Å²) in [7, 11) is 4.21. The van der Waals surface area contributed by atoms with E-state index in [1.165, 1.54) is 75.3 Å². The second kappa shape index (κ2) is 18.0. The van der Waals surface area contributed by atoms with Crippen molar-refractivity contribution >= 4 is 5.97 Å². The van der Waals surface area contributed by atoms with E-state index >= 15 is 0 Å². The highest BCUT2D eigenvalue weighted by Gasteiger charge is 2.35. The lowest BCUT2D eigenvalue weighted by atomic mass is 10.0. The molecule has 0 radical (unpaired) electrons. The summed E-state index contributed by atoms with van der Waals surface area (Å²) in [5, 5.41) is 0. The molecule has 0 aliphatic heterocycles. The number of unbranched alkanes of at least 4 members (excludes halogenated alkanes) is 9. The fraction of sp³-hybridized carbons (Fsp3) is 0.618. The van der Waals surface area contributed by atoms with E-state index in [4.69, 9.17) is 9.47 Å². The van der Waals surface area contributed by atoms with Gasteiger partial charge in [-0.1, -0.05) is 120 Å². The molecule has 0 saturated carbocycles. The van der Waals surface area contributed by atoms with Crippen molar-refractivity contribution < 1.29 is 18.8 Å². The molecule has 212 valence electrons. The first-order chi connectivity index (χ1) is 18.4. The predicted molar refractivity (Wildman–Crippen MR) is 159 cm³/mol. The van der Waals surface area contributed by atoms with Gasteiger partial charge in [0.2, 0.25) is 0 Å². The number of likely N-dealkylation sites (N-methyl/N-ethyl adjacent to an activating group) is 1. The van der Waals surface area contributed by atoms with E-state index in [1.807, 2.05) is 37.3 Å². The normalized spacial score (nSPS) is 13.2. The molecule has 0 aliphatic rings. The lowest BCUT2D eigenvalue weighted by Gasteiger charge is -2.36. The standard InChI is InChI=1S/C34H54NO3/c1-6-8-9-10-11-12-13-14-15-19-24-31-25-20-21-26-33(31)38-29(3)28-37-34(36)32(7-2)35(4,5)27-30-22-17-16-18-23-30/h16-18,20-23,25-26,29,32H,6-15,19,24,27-28H2,1-5H3/q+1. The smallest absolute Gasteiger partial charge is 0.365 e. The molecule has 0 fully saturated rings. The molecule has 2 rings (SSSR count). The number of para-hydroxylation sites is 1. The largest absolute Gasteiger partial charge is 0.487 e. The van der Waals surface area contributed by atoms with Crippen LogP contribution in [-0.2, 0) is 22.5 Å². The summed E-state index contributed by atoms with van der Waals surface area (Å²) in [5.41, 5.74) is 2.47. The summed E-state index contributed by atoms with van der Waals surface area (Å²) in [6, 6.07) is 18.4. The van der Waals surface area contributed by atoms with Crippen LogP contribution in [0.5, 0.6) is 5.75 Å². The molecule has 0 aromatic heterocycles. The molecule has 2 atom stereocenters. The zero-order chi connectivity index (χ0) is 27.6. The highest BCUT2D eigenvalue weighted by molar-refractivity contribution is 5.74. The molecule has 38 heavy (non-hydrogen) atoms. The van der Waals surface area contributed by atoms with Gasteiger partial charge in [-0.25, -0.2) is 4.79 Å². The van der Waals surface area contributed by atoms with Gasteiger partial charge in [0, 0.05) is 12.0 Å². The molecule has 2 aromatic rings. The van der Waals surface area contributed by atoms with Crippen LogP contribution in [0, 0.1) is 0 Å². The number of aryl methyl sites for hydroxylation is 1. The van der Waals surface area contributed by atoms with Gasteiger partial charge in [-0.05, 0) is 31.4 Å². The minimum Gasteiger partial charge on any atom is -0.487 e. The van der Waals surface area contributed by atoms with Crippen LogP contribution in [0.4, 0.5) is 0 Å². The van der Waals surface area contributed by atoms with Crippen LogP contribution in [0.2, 0.25) is 0 Å². The Morgan fingerprint density at radius 2 is 1.37 bits per heavy atom. The monoisotopic (exact) mass is 524 g/mol. The molecule has 0 aliphatic carbocycles. The topological polar surface area (TPSA) is 35.5 Å². The van der Waals surface area contributed by atoms with Gasteiger partial charge in [0.15, 0.2) is 6.04 Å². The molecule has 2 unspecified atom stereocenters. The summed E-state index contributed by atoms with van der Waals surface area (Å²) in [6.45, 7) is 7.35. The molecule has 0 amide bonds. The summed E-state index contributed by atoms with van der Waals surface area (Å²) >= 11 is 0. The second-order valence-electron chi connectivity index (χ2n) is 11.4. The van der Waals surface area contributed by atoms with Gasteiger partial charge in [-0.2, -0.15) is 0 Å². The van der Waals surface area contributed by atoms with E-state index in [0.29, 0.717) is 4.48 Å². The quantitative estimate of drug-likeness (QED) is 0.0989. The first kappa shape index (κ1) is 31.9. The molecular weight excluding hydrogens is 470 g/mol. The van der Waals surface area contributed by atoms with Crippen molar-refractivity contribution in [2.24, 2.45) is 0 Å². The summed E-state index contributed by atoms with van der Waals surface area (Å²) in [6.07, 6.45) is 15.0. The molecule has 4 heteroatoms. The first-order valence-corrected chi connectivity index (χ1v) is 15.1. The van der Waals surface area contributed by atoms with Crippen molar-refractivity contribution in [1.82, 2.24) is 0 Å². The van der Waals surface area contributed by atoms with Crippen LogP contribution in [0.15, 0.2) is 54.6 Å². The summed E-state index contributed by atoms with van der Waals surface area (Å²) < 4.78 is 12.6. The molecule has 0 spiro atoms. The predicted octanol–water partition coefficient (Wildman–Crippen LogP) is 8.52. The van der Waals surface area contributed by atoms with E-state index < -0.39 is 0 Å². The first-order valence-electron chi connectivity index (χ1n) is 15.1. The second-order valence-corrected chi connectivity index (χ2v) is 11.4. The Morgan fingerprint density at radius 1 is 0.789 bits per heavy atom. The minimum atomic E-state index is -0.217. The number of carbonyl (C=O) groups excluding carboxylic acids is 1. The Labute approximate surface area is 233 Å². The van der Waals surface area contributed by atoms with Crippen LogP contribution in [0.3, 0.4) is 0 Å². The molecule has 0 heterocycles. The third-order valence-corrected chi connectivity index (χ3v) is 7.50. The Kier molecular flexibility index (Phi) is 15.1. The molecule has 2 aromatic carbocycles. The van der Waals surface area contributed by atoms with E-state index in [1.54, 1.807) is 0 Å². The Hall–Kier alpha value is -2.33. The highest BCUT2D eigenvalue weighted by atomic mass is 16.6. The average molecular weight is 525 g/mol. The Bertz CT molecular complexity index is 896. The zero-order valence-electron chi connectivity index (χ0n) is 24.9. The fourth-order valence-electron chi connectivity index (χ4n) is 5.29. The zero-order valence-corrected chi connectivity index (χ0v) is 24.9. The average Bonchev–Trinajstić information content (AvgIpc) is 2.90. The van der Waals surface area contributed by atoms with Crippen molar-refractivity contribution in [1.29, 1.82) is 0 Å². The van der Waals surface area contributed by atoms with Gasteiger partial charge in [0.1, 0.15) is 25.0 Å². The van der Waals surface area contributed by atoms with Crippen LogP contribution in [0.1, 0.15) is 103 Å². The van der Waals surface area contributed by atoms with E-state index in [-0.39, 0.29) is 24.7 Å². The van der Waals surface area contributed by atoms with Gasteiger partial charge < -0.3 is 14.0 Å². The Morgan fingerprint density at radius 3 is 2.00 bits per heavy atom. The van der Waals surface area contributed by atoms with Gasteiger partial charge in [0.25, 0.3) is 0 Å². The number of ether oxygens (including phenoxy) is 2. The fourth-order valence-corrected chi connectivity index (χ4v) is 5.29. The maximum absolute atomic E-state index is 13.1. The number of nitrogens with zero attached hydrogens (tertiary/aromatic N) is 1. The minimum absolute atomic E-state index is 0.150. The van der Waals surface area contributed by atoms with Gasteiger partial charge >= 0.3 is 5.97 Å². The third-order valence-electron chi connectivity index (χ3n) is 7.50. The molecular formula is C34H54NO3+. The lowest BCUT2D eigenvalue weighted by Crippen LogP contribution is -2.52. The molecule has 0 saturated heterocycles. The molecule has 0 N–H and O–H groups in total. The SMILES string of the molecule is CCCCCCCCCCCCc1ccccc1OC(C)COC(=O)C(CC)[N+](C)(C)Cc1ccccc1. The van der Waals surface area contributed by atoms with Crippen molar-refractivity contribution in [2.75, 3.05) is 20.7 Å². The van der Waals surface area contributed by atoms with Crippen molar-refractivity contribution in [3.05, 3.63) is 65.7 Å². The van der Waals surface area contributed by atoms with Gasteiger partial charge in [-0.15, -0.1) is 0 Å².